The van der Waals surface area contributed by atoms with E-state index in [2.05, 4.69) is 22.2 Å². The van der Waals surface area contributed by atoms with Crippen LogP contribution in [0.2, 0.25) is 0 Å². The number of carbonyl (C=O) groups is 1. The van der Waals surface area contributed by atoms with Crippen LogP contribution in [0.3, 0.4) is 0 Å². The number of hydrogen-bond donors (Lipinski definition) is 1. The zero-order valence-electron chi connectivity index (χ0n) is 11.9. The molecule has 0 saturated carbocycles. The second-order valence-electron chi connectivity index (χ2n) is 5.16. The van der Waals surface area contributed by atoms with Crippen molar-refractivity contribution in [2.75, 3.05) is 39.5 Å². The maximum absolute atomic E-state index is 12.4. The zero-order chi connectivity index (χ0) is 13.8. The number of likely N-dealkylation sites (tertiary alicyclic amines) is 1. The molecule has 1 aliphatic rings. The van der Waals surface area contributed by atoms with E-state index in [0.717, 1.165) is 31.7 Å². The Hall–Kier alpha value is -1.62. The van der Waals surface area contributed by atoms with E-state index in [4.69, 9.17) is 0 Å². The van der Waals surface area contributed by atoms with Gasteiger partial charge in [-0.2, -0.15) is 0 Å². The lowest BCUT2D eigenvalue weighted by Crippen LogP contribution is -2.47. The normalized spacial score (nSPS) is 20.1. The van der Waals surface area contributed by atoms with Gasteiger partial charge in [-0.15, -0.1) is 0 Å². The highest BCUT2D eigenvalue weighted by molar-refractivity contribution is 5.94. The maximum Gasteiger partial charge on any atom is 0.255 e. The van der Waals surface area contributed by atoms with Gasteiger partial charge in [-0.25, -0.2) is 4.98 Å². The van der Waals surface area contributed by atoms with E-state index >= 15 is 0 Å². The number of pyridine rings is 1. The summed E-state index contributed by atoms with van der Waals surface area (Å²) in [5.74, 6) is 0.826. The van der Waals surface area contributed by atoms with Crippen LogP contribution in [0.5, 0.6) is 0 Å². The zero-order valence-corrected chi connectivity index (χ0v) is 11.9. The average molecular weight is 262 g/mol. The van der Waals surface area contributed by atoms with E-state index in [1.165, 1.54) is 0 Å². The van der Waals surface area contributed by atoms with Gasteiger partial charge in [-0.1, -0.05) is 0 Å². The van der Waals surface area contributed by atoms with Crippen molar-refractivity contribution in [2.24, 2.45) is 0 Å². The van der Waals surface area contributed by atoms with E-state index < -0.39 is 0 Å². The van der Waals surface area contributed by atoms with Crippen molar-refractivity contribution in [3.8, 4) is 0 Å². The Morgan fingerprint density at radius 1 is 1.53 bits per heavy atom. The summed E-state index contributed by atoms with van der Waals surface area (Å²) in [6.45, 7) is 2.07. The van der Waals surface area contributed by atoms with Gasteiger partial charge in [0.2, 0.25) is 0 Å². The standard InChI is InChI=1S/C14H22N4O/c1-15-13-7-6-11(9-16-13)14(19)18(3)12-5-4-8-17(2)10-12/h6-7,9,12H,4-5,8,10H2,1-3H3,(H,15,16). The Kier molecular flexibility index (Phi) is 4.37. The molecular formula is C14H22N4O. The molecule has 1 amide bonds. The first-order valence-corrected chi connectivity index (χ1v) is 6.71. The second-order valence-corrected chi connectivity index (χ2v) is 5.16. The number of amides is 1. The fourth-order valence-electron chi connectivity index (χ4n) is 2.49. The van der Waals surface area contributed by atoms with Gasteiger partial charge >= 0.3 is 0 Å². The fourth-order valence-corrected chi connectivity index (χ4v) is 2.49. The quantitative estimate of drug-likeness (QED) is 0.891. The van der Waals surface area contributed by atoms with Gasteiger partial charge in [-0.3, -0.25) is 4.79 Å². The first-order valence-electron chi connectivity index (χ1n) is 6.71. The van der Waals surface area contributed by atoms with E-state index in [0.29, 0.717) is 11.6 Å². The van der Waals surface area contributed by atoms with Crippen molar-refractivity contribution in [1.82, 2.24) is 14.8 Å². The summed E-state index contributed by atoms with van der Waals surface area (Å²) >= 11 is 0. The third-order valence-electron chi connectivity index (χ3n) is 3.73. The Morgan fingerprint density at radius 3 is 2.89 bits per heavy atom. The van der Waals surface area contributed by atoms with Gasteiger partial charge in [0, 0.05) is 32.9 Å². The van der Waals surface area contributed by atoms with Crippen LogP contribution in [0.15, 0.2) is 18.3 Å². The second kappa shape index (κ2) is 6.02. The number of hydrogen-bond acceptors (Lipinski definition) is 4. The maximum atomic E-state index is 12.4. The Morgan fingerprint density at radius 2 is 2.32 bits per heavy atom. The van der Waals surface area contributed by atoms with Crippen LogP contribution in [-0.2, 0) is 0 Å². The summed E-state index contributed by atoms with van der Waals surface area (Å²) < 4.78 is 0. The van der Waals surface area contributed by atoms with Gasteiger partial charge in [-0.05, 0) is 38.6 Å². The summed E-state index contributed by atoms with van der Waals surface area (Å²) in [6.07, 6.45) is 3.86. The molecule has 104 valence electrons. The summed E-state index contributed by atoms with van der Waals surface area (Å²) in [7, 11) is 5.81. The van der Waals surface area contributed by atoms with E-state index in [-0.39, 0.29) is 5.91 Å². The van der Waals surface area contributed by atoms with Crippen LogP contribution in [-0.4, -0.2) is 61.0 Å². The van der Waals surface area contributed by atoms with E-state index in [1.807, 2.05) is 31.1 Å². The van der Waals surface area contributed by atoms with Crippen molar-refractivity contribution >= 4 is 11.7 Å². The van der Waals surface area contributed by atoms with Crippen LogP contribution in [0.4, 0.5) is 5.82 Å². The topological polar surface area (TPSA) is 48.5 Å². The molecule has 1 aromatic rings. The van der Waals surface area contributed by atoms with Gasteiger partial charge in [0.25, 0.3) is 5.91 Å². The van der Waals surface area contributed by atoms with Crippen molar-refractivity contribution in [3.05, 3.63) is 23.9 Å². The Bertz CT molecular complexity index is 432. The number of likely N-dealkylation sites (N-methyl/N-ethyl adjacent to an activating group) is 2. The predicted molar refractivity (Wildman–Crippen MR) is 76.4 cm³/mol. The molecule has 1 atom stereocenters. The largest absolute Gasteiger partial charge is 0.373 e. The average Bonchev–Trinajstić information content (AvgIpc) is 2.46. The Labute approximate surface area is 114 Å². The molecule has 19 heavy (non-hydrogen) atoms. The molecule has 1 aromatic heterocycles. The smallest absolute Gasteiger partial charge is 0.255 e. The number of nitrogens with zero attached hydrogens (tertiary/aromatic N) is 3. The number of rotatable bonds is 3. The van der Waals surface area contributed by atoms with Crippen LogP contribution < -0.4 is 5.32 Å². The number of aromatic nitrogens is 1. The van der Waals surface area contributed by atoms with Crippen LogP contribution in [0.1, 0.15) is 23.2 Å². The fraction of sp³-hybridized carbons (Fsp3) is 0.571. The van der Waals surface area contributed by atoms with Crippen molar-refractivity contribution in [2.45, 2.75) is 18.9 Å². The van der Waals surface area contributed by atoms with Gasteiger partial charge in [0.05, 0.1) is 5.56 Å². The van der Waals surface area contributed by atoms with Crippen molar-refractivity contribution in [1.29, 1.82) is 0 Å². The van der Waals surface area contributed by atoms with Crippen LogP contribution in [0.25, 0.3) is 0 Å². The third kappa shape index (κ3) is 3.23. The first kappa shape index (κ1) is 13.8. The molecule has 5 nitrogen and oxygen atoms in total. The highest BCUT2D eigenvalue weighted by atomic mass is 16.2. The monoisotopic (exact) mass is 262 g/mol. The van der Waals surface area contributed by atoms with E-state index in [9.17, 15) is 4.79 Å². The SMILES string of the molecule is CNc1ccc(C(=O)N(C)C2CCCN(C)C2)cn1. The minimum Gasteiger partial charge on any atom is -0.373 e. The van der Waals surface area contributed by atoms with Crippen LogP contribution in [0, 0.1) is 0 Å². The molecular weight excluding hydrogens is 240 g/mol. The third-order valence-corrected chi connectivity index (χ3v) is 3.73. The molecule has 1 fully saturated rings. The van der Waals surface area contributed by atoms with Crippen molar-refractivity contribution in [3.63, 3.8) is 0 Å². The molecule has 0 radical (unpaired) electrons. The number of piperidine rings is 1. The first-order chi connectivity index (χ1) is 9.11. The molecule has 2 heterocycles. The van der Waals surface area contributed by atoms with E-state index in [1.54, 1.807) is 6.20 Å². The lowest BCUT2D eigenvalue weighted by atomic mass is 10.0. The molecule has 1 saturated heterocycles. The summed E-state index contributed by atoms with van der Waals surface area (Å²) in [4.78, 5) is 20.7. The minimum absolute atomic E-state index is 0.0513. The lowest BCUT2D eigenvalue weighted by Gasteiger charge is -2.35. The highest BCUT2D eigenvalue weighted by Gasteiger charge is 2.25. The molecule has 5 heteroatoms. The number of carbonyl (C=O) groups excluding carboxylic acids is 1. The highest BCUT2D eigenvalue weighted by Crippen LogP contribution is 2.16. The van der Waals surface area contributed by atoms with Gasteiger partial charge in [0.1, 0.15) is 5.82 Å². The molecule has 0 aliphatic carbocycles. The van der Waals surface area contributed by atoms with Crippen molar-refractivity contribution < 1.29 is 4.79 Å². The van der Waals surface area contributed by atoms with Gasteiger partial charge in [0.15, 0.2) is 0 Å². The van der Waals surface area contributed by atoms with Crippen LogP contribution >= 0.6 is 0 Å². The molecule has 1 unspecified atom stereocenters. The Balaban J connectivity index is 2.05. The lowest BCUT2D eigenvalue weighted by molar-refractivity contribution is 0.0643. The minimum atomic E-state index is 0.0513. The summed E-state index contributed by atoms with van der Waals surface area (Å²) in [5, 5.41) is 2.95. The molecule has 0 aromatic carbocycles. The molecule has 0 spiro atoms. The number of anilines is 1. The molecule has 1 N–H and O–H groups in total. The molecule has 1 aliphatic heterocycles. The van der Waals surface area contributed by atoms with Gasteiger partial charge < -0.3 is 15.1 Å². The number of nitrogens with one attached hydrogen (secondary N) is 1. The summed E-state index contributed by atoms with van der Waals surface area (Å²) in [5.41, 5.74) is 0.648. The predicted octanol–water partition coefficient (Wildman–Crippen LogP) is 1.29. The molecule has 0 bridgehead atoms. The summed E-state index contributed by atoms with van der Waals surface area (Å²) in [6, 6.07) is 3.95. The molecule has 2 rings (SSSR count).